The zero-order valence-corrected chi connectivity index (χ0v) is 33.8. The molecule has 310 valence electrons. The van der Waals surface area contributed by atoms with Crippen LogP contribution in [0.5, 0.6) is 0 Å². The maximum atomic E-state index is 11.1. The Hall–Kier alpha value is -2.97. The molecule has 0 unspecified atom stereocenters. The third-order valence-electron chi connectivity index (χ3n) is 8.96. The molecule has 0 radical (unpaired) electrons. The van der Waals surface area contributed by atoms with Crippen LogP contribution < -0.4 is 4.72 Å². The van der Waals surface area contributed by atoms with Crippen LogP contribution in [0.1, 0.15) is 166 Å². The average molecular weight is 773 g/mol. The summed E-state index contributed by atoms with van der Waals surface area (Å²) in [5.74, 6) is 1.98. The van der Waals surface area contributed by atoms with Crippen molar-refractivity contribution in [2.24, 2.45) is 22.9 Å². The van der Waals surface area contributed by atoms with E-state index in [4.69, 9.17) is 9.57 Å². The van der Waals surface area contributed by atoms with Gasteiger partial charge in [-0.05, 0) is 95.6 Å². The Kier molecular flexibility index (Phi) is 27.1. The van der Waals surface area contributed by atoms with Gasteiger partial charge in [-0.15, -0.1) is 13.2 Å². The Morgan fingerprint density at radius 2 is 1.17 bits per heavy atom. The summed E-state index contributed by atoms with van der Waals surface area (Å²) in [7, 11) is -2.94. The van der Waals surface area contributed by atoms with Crippen LogP contribution in [0.2, 0.25) is 0 Å². The minimum atomic E-state index is -2.94. The molecule has 2 aromatic rings. The maximum Gasteiger partial charge on any atom is 0.308 e. The summed E-state index contributed by atoms with van der Waals surface area (Å²) in [4.78, 5) is 16.5. The zero-order valence-electron chi connectivity index (χ0n) is 33.0. The van der Waals surface area contributed by atoms with Crippen LogP contribution in [0.25, 0.3) is 11.1 Å². The quantitative estimate of drug-likeness (QED) is 0.133. The van der Waals surface area contributed by atoms with Crippen LogP contribution >= 0.6 is 0 Å². The van der Waals surface area contributed by atoms with Gasteiger partial charge in [-0.25, -0.2) is 13.1 Å². The summed E-state index contributed by atoms with van der Waals surface area (Å²) in [5, 5.41) is 4.23. The van der Waals surface area contributed by atoms with Crippen LogP contribution in [-0.2, 0) is 24.4 Å². The van der Waals surface area contributed by atoms with Crippen LogP contribution in [0.15, 0.2) is 66.8 Å². The van der Waals surface area contributed by atoms with Gasteiger partial charge in [0.1, 0.15) is 17.9 Å². The van der Waals surface area contributed by atoms with E-state index in [1.807, 2.05) is 53.7 Å². The number of oxime groups is 1. The highest BCUT2D eigenvalue weighted by Gasteiger charge is 2.35. The third kappa shape index (κ3) is 19.1. The Bertz CT molecular complexity index is 1390. The molecule has 6 rings (SSSR count). The molecule has 0 aliphatic heterocycles. The van der Waals surface area contributed by atoms with Gasteiger partial charge in [-0.1, -0.05) is 136 Å². The molecule has 0 bridgehead atoms. The molecule has 0 aromatic heterocycles. The van der Waals surface area contributed by atoms with Gasteiger partial charge in [0.15, 0.2) is 0 Å². The Labute approximate surface area is 333 Å². The SMILES string of the molecule is C.C.C.C=C.CC(C)C(=O)OC1CCCC1.CC(C)CC1CCCCC1.CC(C)NS(=O)(=O)C1CC1.CC(C)ON=C1c2ccccc2-c2ccccc21. The van der Waals surface area contributed by atoms with Crippen LogP contribution in [0.3, 0.4) is 0 Å². The van der Waals surface area contributed by atoms with Gasteiger partial charge in [0.2, 0.25) is 10.0 Å². The largest absolute Gasteiger partial charge is 0.462 e. The first kappa shape index (κ1) is 53.1. The van der Waals surface area contributed by atoms with Gasteiger partial charge >= 0.3 is 5.97 Å². The Morgan fingerprint density at radius 3 is 1.56 bits per heavy atom. The Balaban J connectivity index is 0. The lowest BCUT2D eigenvalue weighted by molar-refractivity contribution is -0.152. The topological polar surface area (TPSA) is 94.1 Å². The minimum Gasteiger partial charge on any atom is -0.462 e. The van der Waals surface area contributed by atoms with Crippen molar-refractivity contribution in [2.75, 3.05) is 0 Å². The number of esters is 1. The smallest absolute Gasteiger partial charge is 0.308 e. The van der Waals surface area contributed by atoms with Crippen molar-refractivity contribution in [1.29, 1.82) is 0 Å². The number of carbonyl (C=O) groups excluding carboxylic acids is 1. The third-order valence-corrected chi connectivity index (χ3v) is 11.1. The molecule has 0 heterocycles. The summed E-state index contributed by atoms with van der Waals surface area (Å²) in [6.07, 6.45) is 15.6. The van der Waals surface area contributed by atoms with Gasteiger partial charge in [0.25, 0.3) is 0 Å². The van der Waals surface area contributed by atoms with E-state index >= 15 is 0 Å². The number of nitrogens with zero attached hydrogens (tertiary/aromatic N) is 1. The molecular weight excluding hydrogens is 693 g/mol. The highest BCUT2D eigenvalue weighted by Crippen LogP contribution is 2.36. The lowest BCUT2D eigenvalue weighted by Crippen LogP contribution is -2.32. The highest BCUT2D eigenvalue weighted by atomic mass is 32.2. The second-order valence-electron chi connectivity index (χ2n) is 15.3. The van der Waals surface area contributed by atoms with Crippen LogP contribution in [0.4, 0.5) is 0 Å². The molecule has 8 heteroatoms. The summed E-state index contributed by atoms with van der Waals surface area (Å²) < 4.78 is 30.0. The van der Waals surface area contributed by atoms with Crippen molar-refractivity contribution < 1.29 is 22.8 Å². The lowest BCUT2D eigenvalue weighted by atomic mass is 9.84. The summed E-state index contributed by atoms with van der Waals surface area (Å²) in [5.41, 5.74) is 5.71. The van der Waals surface area contributed by atoms with E-state index < -0.39 is 10.0 Å². The summed E-state index contributed by atoms with van der Waals surface area (Å²) >= 11 is 0. The minimum absolute atomic E-state index is 0. The van der Waals surface area contributed by atoms with Gasteiger partial charge in [0.05, 0.1) is 11.2 Å². The molecule has 4 aliphatic carbocycles. The van der Waals surface area contributed by atoms with Crippen molar-refractivity contribution in [3.63, 3.8) is 0 Å². The number of rotatable bonds is 9. The van der Waals surface area contributed by atoms with Crippen molar-refractivity contribution in [3.8, 4) is 11.1 Å². The van der Waals surface area contributed by atoms with Crippen molar-refractivity contribution in [3.05, 3.63) is 72.8 Å². The number of carbonyl (C=O) groups is 1. The second-order valence-corrected chi connectivity index (χ2v) is 17.3. The molecule has 0 amide bonds. The fourth-order valence-electron chi connectivity index (χ4n) is 6.45. The number of hydrogen-bond donors (Lipinski definition) is 1. The standard InChI is InChI=1S/C16H15NO.C10H20.C9H16O2.C6H13NO2S.C2H4.3CH4/c1-11(2)18-17-16-14-9-5-3-7-12(14)13-8-4-6-10-15(13)16;1-9(2)8-10-6-4-3-5-7-10;1-7(2)9(10)11-8-5-3-4-6-8;1-5(2)7-10(8,9)6-3-4-6;1-2;;;/h3-11H,1-2H3;9-10H,3-8H2,1-2H3;7-8H,3-6H2,1-2H3;5-7H,3-4H2,1-2H3;1-2H2;3*1H4. The Morgan fingerprint density at radius 1 is 0.722 bits per heavy atom. The molecule has 54 heavy (non-hydrogen) atoms. The van der Waals surface area contributed by atoms with Gasteiger partial charge < -0.3 is 9.57 Å². The summed E-state index contributed by atoms with van der Waals surface area (Å²) in [6.45, 7) is 22.1. The average Bonchev–Trinajstić information content (AvgIpc) is 3.76. The molecule has 0 saturated heterocycles. The molecule has 3 fully saturated rings. The fraction of sp³-hybridized carbons (Fsp3) is 0.652. The summed E-state index contributed by atoms with van der Waals surface area (Å²) in [6, 6.07) is 16.7. The van der Waals surface area contributed by atoms with E-state index in [2.05, 4.69) is 73.3 Å². The van der Waals surface area contributed by atoms with Crippen LogP contribution in [0, 0.1) is 17.8 Å². The number of benzene rings is 2. The second kappa shape index (κ2) is 27.6. The molecule has 1 N–H and O–H groups in total. The monoisotopic (exact) mass is 773 g/mol. The van der Waals surface area contributed by atoms with E-state index in [1.54, 1.807) is 0 Å². The first-order chi connectivity index (χ1) is 24.3. The van der Waals surface area contributed by atoms with Crippen LogP contribution in [-0.4, -0.2) is 43.6 Å². The van der Waals surface area contributed by atoms with Crippen molar-refractivity contribution in [2.45, 2.75) is 178 Å². The van der Waals surface area contributed by atoms with E-state index in [0.29, 0.717) is 0 Å². The normalized spacial score (nSPS) is 15.8. The molecule has 0 atom stereocenters. The van der Waals surface area contributed by atoms with Gasteiger partial charge in [0, 0.05) is 17.2 Å². The zero-order chi connectivity index (χ0) is 38.0. The molecule has 7 nitrogen and oxygen atoms in total. The predicted molar refractivity (Wildman–Crippen MR) is 235 cm³/mol. The first-order valence-electron chi connectivity index (χ1n) is 19.4. The number of sulfonamides is 1. The van der Waals surface area contributed by atoms with Crippen molar-refractivity contribution >= 4 is 21.7 Å². The molecule has 2 aromatic carbocycles. The predicted octanol–water partition coefficient (Wildman–Crippen LogP) is 12.8. The maximum absolute atomic E-state index is 11.1. The van der Waals surface area contributed by atoms with E-state index in [0.717, 1.165) is 54.4 Å². The van der Waals surface area contributed by atoms with E-state index in [1.165, 1.54) is 62.5 Å². The lowest BCUT2D eigenvalue weighted by Gasteiger charge is -2.22. The number of hydrogen-bond acceptors (Lipinski definition) is 6. The molecule has 0 spiro atoms. The molecule has 4 aliphatic rings. The number of fused-ring (bicyclic) bond motifs is 3. The number of nitrogens with one attached hydrogen (secondary N) is 1. The van der Waals surface area contributed by atoms with E-state index in [-0.39, 0.29) is 57.7 Å². The highest BCUT2D eigenvalue weighted by molar-refractivity contribution is 7.90. The van der Waals surface area contributed by atoms with Gasteiger partial charge in [-0.3, -0.25) is 4.79 Å². The van der Waals surface area contributed by atoms with Gasteiger partial charge in [-0.2, -0.15) is 0 Å². The first-order valence-corrected chi connectivity index (χ1v) is 21.0. The molecule has 3 saturated carbocycles. The van der Waals surface area contributed by atoms with Crippen molar-refractivity contribution in [1.82, 2.24) is 4.72 Å². The fourth-order valence-corrected chi connectivity index (χ4v) is 8.06. The number of ether oxygens (including phenoxy) is 1. The van der Waals surface area contributed by atoms with E-state index in [9.17, 15) is 13.2 Å². The molecular formula is C46H80N2O5S.